The summed E-state index contributed by atoms with van der Waals surface area (Å²) in [7, 11) is 0. The summed E-state index contributed by atoms with van der Waals surface area (Å²) in [5.41, 5.74) is 0. The second-order valence-electron chi connectivity index (χ2n) is 2.73. The third kappa shape index (κ3) is 1.31. The summed E-state index contributed by atoms with van der Waals surface area (Å²) >= 11 is -8.50. The fraction of sp³-hybridized carbons (Fsp3) is 0.750. The molecule has 0 spiro atoms. The monoisotopic (exact) mass is 278 g/mol. The van der Waals surface area contributed by atoms with Gasteiger partial charge >= 0.3 is 87.8 Å². The van der Waals surface area contributed by atoms with Crippen molar-refractivity contribution in [3.63, 3.8) is 0 Å². The molecule has 0 radical (unpaired) electrons. The molecule has 1 heterocycles. The van der Waals surface area contributed by atoms with Crippen molar-refractivity contribution in [1.29, 1.82) is 0 Å². The van der Waals surface area contributed by atoms with Gasteiger partial charge in [0.2, 0.25) is 0 Å². The van der Waals surface area contributed by atoms with Crippen molar-refractivity contribution in [2.45, 2.75) is 15.6 Å². The average molecular weight is 278 g/mol. The predicted molar refractivity (Wildman–Crippen MR) is 27.7 cm³/mol. The molecule has 1 rings (SSSR count). The molecule has 0 bridgehead atoms. The van der Waals surface area contributed by atoms with E-state index in [9.17, 15) is 33.5 Å². The quantitative estimate of drug-likeness (QED) is 0.391. The molecule has 10 heteroatoms. The number of carboxylic acids is 1. The molecule has 1 saturated heterocycles. The van der Waals surface area contributed by atoms with E-state index in [0.29, 0.717) is 0 Å². The molecule has 0 amide bonds. The van der Waals surface area contributed by atoms with Crippen LogP contribution in [-0.2, 0) is 4.79 Å². The molecule has 1 unspecified atom stereocenters. The Balaban J connectivity index is 0.00000169. The summed E-state index contributed by atoms with van der Waals surface area (Å²) in [4.78, 5) is 9.70. The van der Waals surface area contributed by atoms with E-state index in [-0.39, 0.29) is 18.9 Å². The molecule has 0 aromatic carbocycles. The standard InChI is InChI=1S/C4H3AsF6O2.Li/c6-3(7)1-5(9,10,11)4(3,8)2(12)13;/h1H2,(H,12,13);/q;+1/p-1. The van der Waals surface area contributed by atoms with Gasteiger partial charge in [-0.25, -0.2) is 0 Å². The van der Waals surface area contributed by atoms with Crippen molar-refractivity contribution < 1.29 is 52.3 Å². The van der Waals surface area contributed by atoms with Crippen molar-refractivity contribution in [3.8, 4) is 0 Å². The zero-order valence-corrected chi connectivity index (χ0v) is 8.62. The number of halogens is 6. The first-order valence-electron chi connectivity index (χ1n) is 2.88. The van der Waals surface area contributed by atoms with Crippen molar-refractivity contribution in [1.82, 2.24) is 0 Å². The van der Waals surface area contributed by atoms with E-state index in [2.05, 4.69) is 0 Å². The third-order valence-corrected chi connectivity index (χ3v) is 7.15. The maximum Gasteiger partial charge on any atom is 1.00 e. The summed E-state index contributed by atoms with van der Waals surface area (Å²) in [6.45, 7) is 0. The van der Waals surface area contributed by atoms with Crippen LogP contribution in [0.25, 0.3) is 0 Å². The van der Waals surface area contributed by atoms with Crippen LogP contribution in [0.3, 0.4) is 0 Å². The number of alkyl halides is 3. The predicted octanol–water partition coefficient (Wildman–Crippen LogP) is -2.56. The SMILES string of the molecule is O=C([O-])C1(F)C(F)(F)C[As]1(F)(F)F.[Li+]. The van der Waals surface area contributed by atoms with Crippen LogP contribution in [0.15, 0.2) is 0 Å². The molecule has 14 heavy (non-hydrogen) atoms. The Bertz CT molecular complexity index is 287. The molecule has 0 aromatic heterocycles. The summed E-state index contributed by atoms with van der Waals surface area (Å²) in [5, 5.41) is 7.08. The Kier molecular flexibility index (Phi) is 2.91. The van der Waals surface area contributed by atoms with Crippen LogP contribution in [0.5, 0.6) is 0 Å². The largest absolute Gasteiger partial charge is 1.00 e. The van der Waals surface area contributed by atoms with Gasteiger partial charge in [-0.05, 0) is 0 Å². The van der Waals surface area contributed by atoms with Gasteiger partial charge in [0.25, 0.3) is 0 Å². The molecule has 0 N–H and O–H groups in total. The van der Waals surface area contributed by atoms with E-state index in [0.717, 1.165) is 0 Å². The van der Waals surface area contributed by atoms with Crippen molar-refractivity contribution in [2.75, 3.05) is 0 Å². The van der Waals surface area contributed by atoms with Gasteiger partial charge in [0.1, 0.15) is 0 Å². The summed E-state index contributed by atoms with van der Waals surface area (Å²) in [5.74, 6) is -8.27. The van der Waals surface area contributed by atoms with Crippen LogP contribution in [0.1, 0.15) is 0 Å². The van der Waals surface area contributed by atoms with Gasteiger partial charge in [-0.15, -0.1) is 0 Å². The van der Waals surface area contributed by atoms with Crippen molar-refractivity contribution in [2.24, 2.45) is 0 Å². The Morgan fingerprint density at radius 2 is 1.57 bits per heavy atom. The minimum Gasteiger partial charge on any atom is 1.00 e. The van der Waals surface area contributed by atoms with Gasteiger partial charge in [-0.1, -0.05) is 0 Å². The van der Waals surface area contributed by atoms with Crippen LogP contribution < -0.4 is 24.0 Å². The number of hydrogen-bond acceptors (Lipinski definition) is 2. The molecule has 0 aromatic rings. The van der Waals surface area contributed by atoms with E-state index < -0.39 is 35.4 Å². The smallest absolute Gasteiger partial charge is 1.00 e. The Hall–Kier alpha value is 0.206. The number of aliphatic carboxylic acids is 1. The van der Waals surface area contributed by atoms with Gasteiger partial charge in [-0.3, -0.25) is 0 Å². The van der Waals surface area contributed by atoms with Crippen LogP contribution in [0, 0.1) is 0 Å². The van der Waals surface area contributed by atoms with E-state index in [4.69, 9.17) is 0 Å². The molecular weight excluding hydrogens is 276 g/mol. The molecule has 1 aliphatic rings. The molecule has 1 aliphatic heterocycles. The maximum absolute atomic E-state index is 12.5. The van der Waals surface area contributed by atoms with Gasteiger partial charge in [0.15, 0.2) is 0 Å². The average Bonchev–Trinajstić information content (AvgIpc) is 1.80. The molecule has 1 atom stereocenters. The maximum atomic E-state index is 12.5. The molecule has 1 fully saturated rings. The second kappa shape index (κ2) is 2.86. The first kappa shape index (κ1) is 14.2. The van der Waals surface area contributed by atoms with Gasteiger partial charge < -0.3 is 0 Å². The molecule has 78 valence electrons. The zero-order valence-electron chi connectivity index (χ0n) is 6.74. The number of carbonyl (C=O) groups is 1. The third-order valence-electron chi connectivity index (χ3n) is 1.78. The Labute approximate surface area is 88.0 Å². The molecule has 2 nitrogen and oxygen atoms in total. The number of rotatable bonds is 1. The van der Waals surface area contributed by atoms with Gasteiger partial charge in [-0.2, -0.15) is 0 Å². The molecular formula is C4H2AsF6LiO2. The Morgan fingerprint density at radius 3 is 1.64 bits per heavy atom. The number of carboxylic acid groups (broad SMARTS) is 1. The first-order valence-corrected chi connectivity index (χ1v) is 7.27. The Morgan fingerprint density at radius 1 is 1.21 bits per heavy atom. The van der Waals surface area contributed by atoms with E-state index in [1.54, 1.807) is 0 Å². The minimum atomic E-state index is -8.50. The van der Waals surface area contributed by atoms with Crippen molar-refractivity contribution in [3.05, 3.63) is 0 Å². The van der Waals surface area contributed by atoms with E-state index >= 15 is 0 Å². The summed E-state index contributed by atoms with van der Waals surface area (Å²) < 4.78 is 68.1. The van der Waals surface area contributed by atoms with Crippen LogP contribution in [0.4, 0.5) is 23.6 Å². The minimum absolute atomic E-state index is 0. The summed E-state index contributed by atoms with van der Waals surface area (Å²) in [6.07, 6.45) is 0. The normalized spacial score (nSPS) is 39.4. The molecule has 0 saturated carbocycles. The van der Waals surface area contributed by atoms with Crippen LogP contribution in [0.2, 0.25) is 5.21 Å². The van der Waals surface area contributed by atoms with Gasteiger partial charge in [0.05, 0.1) is 0 Å². The zero-order chi connectivity index (χ0) is 10.7. The van der Waals surface area contributed by atoms with Crippen molar-refractivity contribution >= 4 is 19.8 Å². The van der Waals surface area contributed by atoms with Crippen LogP contribution in [-0.4, -0.2) is 30.2 Å². The number of carbonyl (C=O) groups excluding carboxylic acids is 1. The first-order chi connectivity index (χ1) is 5.43. The van der Waals surface area contributed by atoms with Gasteiger partial charge in [0, 0.05) is 0 Å². The summed E-state index contributed by atoms with van der Waals surface area (Å²) in [6, 6.07) is 0. The van der Waals surface area contributed by atoms with E-state index in [1.807, 2.05) is 0 Å². The fourth-order valence-electron chi connectivity index (χ4n) is 1.07. The topological polar surface area (TPSA) is 40.1 Å². The fourth-order valence-corrected chi connectivity index (χ4v) is 4.91. The molecule has 0 aliphatic carbocycles. The van der Waals surface area contributed by atoms with Crippen LogP contribution >= 0.6 is 0 Å². The second-order valence-corrected chi connectivity index (χ2v) is 8.73. The van der Waals surface area contributed by atoms with E-state index in [1.165, 1.54) is 0 Å². The number of hydrogen-bond donors (Lipinski definition) is 0.